The number of benzene rings is 1. The van der Waals surface area contributed by atoms with Crippen molar-refractivity contribution in [2.24, 2.45) is 0 Å². The Morgan fingerprint density at radius 1 is 1.50 bits per heavy atom. The minimum Gasteiger partial charge on any atom is -0.497 e. The molecule has 0 spiro atoms. The van der Waals surface area contributed by atoms with Crippen LogP contribution in [0.4, 0.5) is 5.69 Å². The van der Waals surface area contributed by atoms with Crippen LogP contribution in [-0.4, -0.2) is 13.7 Å². The highest BCUT2D eigenvalue weighted by molar-refractivity contribution is 5.61. The number of methoxy groups -OCH3 is 1. The first-order valence-electron chi connectivity index (χ1n) is 3.90. The standard InChI is InChI=1S/C9H11NO2/c1-11-7-4-6-2-3-12-9(6)8(10)5-7/h4-5H,2-3,10H2,1H3. The third-order valence-electron chi connectivity index (χ3n) is 2.02. The fraction of sp³-hybridized carbons (Fsp3) is 0.333. The summed E-state index contributed by atoms with van der Waals surface area (Å²) in [5.74, 6) is 1.63. The maximum Gasteiger partial charge on any atom is 0.145 e. The lowest BCUT2D eigenvalue weighted by Gasteiger charge is -2.05. The molecule has 64 valence electrons. The molecule has 3 heteroatoms. The van der Waals surface area contributed by atoms with Crippen LogP contribution in [0.3, 0.4) is 0 Å². The minimum atomic E-state index is 0.668. The monoisotopic (exact) mass is 165 g/mol. The SMILES string of the molecule is COc1cc(N)c2c(c1)CCO2. The topological polar surface area (TPSA) is 44.5 Å². The first kappa shape index (κ1) is 7.28. The van der Waals surface area contributed by atoms with Gasteiger partial charge in [-0.25, -0.2) is 0 Å². The van der Waals surface area contributed by atoms with E-state index in [9.17, 15) is 0 Å². The van der Waals surface area contributed by atoms with Gasteiger partial charge in [0.15, 0.2) is 0 Å². The van der Waals surface area contributed by atoms with E-state index in [0.717, 1.165) is 30.1 Å². The van der Waals surface area contributed by atoms with E-state index >= 15 is 0 Å². The third kappa shape index (κ3) is 0.978. The molecule has 0 aromatic heterocycles. The van der Waals surface area contributed by atoms with E-state index in [2.05, 4.69) is 0 Å². The Bertz CT molecular complexity index is 310. The number of anilines is 1. The Kier molecular flexibility index (Phi) is 1.57. The summed E-state index contributed by atoms with van der Waals surface area (Å²) >= 11 is 0. The molecule has 0 saturated heterocycles. The normalized spacial score (nSPS) is 13.8. The molecule has 1 aromatic rings. The van der Waals surface area contributed by atoms with Gasteiger partial charge in [-0.2, -0.15) is 0 Å². The first-order chi connectivity index (χ1) is 5.81. The molecule has 0 bridgehead atoms. The summed E-state index contributed by atoms with van der Waals surface area (Å²) in [5, 5.41) is 0. The molecule has 0 aliphatic carbocycles. The van der Waals surface area contributed by atoms with Crippen LogP contribution in [0.25, 0.3) is 0 Å². The molecule has 2 rings (SSSR count). The zero-order valence-corrected chi connectivity index (χ0v) is 6.96. The number of hydrogen-bond donors (Lipinski definition) is 1. The highest BCUT2D eigenvalue weighted by Crippen LogP contribution is 2.35. The number of fused-ring (bicyclic) bond motifs is 1. The van der Waals surface area contributed by atoms with Crippen LogP contribution in [0.1, 0.15) is 5.56 Å². The molecular weight excluding hydrogens is 154 g/mol. The van der Waals surface area contributed by atoms with Gasteiger partial charge in [-0.3, -0.25) is 0 Å². The van der Waals surface area contributed by atoms with Crippen LogP contribution in [0.15, 0.2) is 12.1 Å². The van der Waals surface area contributed by atoms with E-state index in [4.69, 9.17) is 15.2 Å². The van der Waals surface area contributed by atoms with E-state index in [1.165, 1.54) is 0 Å². The highest BCUT2D eigenvalue weighted by Gasteiger charge is 2.16. The van der Waals surface area contributed by atoms with E-state index in [1.807, 2.05) is 6.07 Å². The van der Waals surface area contributed by atoms with Crippen molar-refractivity contribution >= 4 is 5.69 Å². The van der Waals surface area contributed by atoms with Gasteiger partial charge in [0.2, 0.25) is 0 Å². The number of hydrogen-bond acceptors (Lipinski definition) is 3. The van der Waals surface area contributed by atoms with Crippen LogP contribution >= 0.6 is 0 Å². The predicted molar refractivity (Wildman–Crippen MR) is 46.6 cm³/mol. The molecule has 3 nitrogen and oxygen atoms in total. The summed E-state index contributed by atoms with van der Waals surface area (Å²) in [6.45, 7) is 0.729. The van der Waals surface area contributed by atoms with Crippen molar-refractivity contribution in [1.29, 1.82) is 0 Å². The molecule has 0 fully saturated rings. The van der Waals surface area contributed by atoms with Crippen molar-refractivity contribution in [2.45, 2.75) is 6.42 Å². The Morgan fingerprint density at radius 2 is 2.33 bits per heavy atom. The lowest BCUT2D eigenvalue weighted by Crippen LogP contribution is -1.92. The zero-order chi connectivity index (χ0) is 8.55. The summed E-state index contributed by atoms with van der Waals surface area (Å²) in [6.07, 6.45) is 0.927. The molecule has 0 atom stereocenters. The smallest absolute Gasteiger partial charge is 0.145 e. The number of nitrogens with two attached hydrogens (primary N) is 1. The Morgan fingerprint density at radius 3 is 3.08 bits per heavy atom. The van der Waals surface area contributed by atoms with Crippen LogP contribution in [0.2, 0.25) is 0 Å². The quantitative estimate of drug-likeness (QED) is 0.636. The molecule has 2 N–H and O–H groups in total. The molecule has 0 unspecified atom stereocenters. The molecule has 1 heterocycles. The van der Waals surface area contributed by atoms with Crippen molar-refractivity contribution in [3.63, 3.8) is 0 Å². The summed E-state index contributed by atoms with van der Waals surface area (Å²) in [5.41, 5.74) is 7.56. The fourth-order valence-electron chi connectivity index (χ4n) is 1.43. The highest BCUT2D eigenvalue weighted by atomic mass is 16.5. The zero-order valence-electron chi connectivity index (χ0n) is 6.96. The second-order valence-corrected chi connectivity index (χ2v) is 2.80. The van der Waals surface area contributed by atoms with Gasteiger partial charge in [-0.15, -0.1) is 0 Å². The molecule has 12 heavy (non-hydrogen) atoms. The van der Waals surface area contributed by atoms with Gasteiger partial charge in [-0.05, 0) is 6.07 Å². The van der Waals surface area contributed by atoms with Gasteiger partial charge in [-0.1, -0.05) is 0 Å². The lowest BCUT2D eigenvalue weighted by molar-refractivity contribution is 0.358. The van der Waals surface area contributed by atoms with Crippen molar-refractivity contribution in [2.75, 3.05) is 19.5 Å². The van der Waals surface area contributed by atoms with Crippen LogP contribution in [0.5, 0.6) is 11.5 Å². The molecule has 0 radical (unpaired) electrons. The molecule has 1 aliphatic heterocycles. The molecule has 0 amide bonds. The molecule has 1 aromatic carbocycles. The Balaban J connectivity index is 2.51. The largest absolute Gasteiger partial charge is 0.497 e. The summed E-state index contributed by atoms with van der Waals surface area (Å²) < 4.78 is 10.4. The number of nitrogen functional groups attached to an aromatic ring is 1. The van der Waals surface area contributed by atoms with E-state index < -0.39 is 0 Å². The summed E-state index contributed by atoms with van der Waals surface area (Å²) in [6, 6.07) is 3.75. The summed E-state index contributed by atoms with van der Waals surface area (Å²) in [7, 11) is 1.64. The maximum atomic E-state index is 5.74. The lowest BCUT2D eigenvalue weighted by atomic mass is 10.1. The predicted octanol–water partition coefficient (Wildman–Crippen LogP) is 1.21. The maximum absolute atomic E-state index is 5.74. The number of rotatable bonds is 1. The molecular formula is C9H11NO2. The van der Waals surface area contributed by atoms with Gasteiger partial charge in [0.25, 0.3) is 0 Å². The van der Waals surface area contributed by atoms with Crippen molar-refractivity contribution in [3.8, 4) is 11.5 Å². The third-order valence-corrected chi connectivity index (χ3v) is 2.02. The fourth-order valence-corrected chi connectivity index (χ4v) is 1.43. The van der Waals surface area contributed by atoms with Crippen molar-refractivity contribution < 1.29 is 9.47 Å². The van der Waals surface area contributed by atoms with Gasteiger partial charge < -0.3 is 15.2 Å². The number of ether oxygens (including phenoxy) is 2. The Hall–Kier alpha value is -1.38. The average Bonchev–Trinajstić information content (AvgIpc) is 2.52. The second kappa shape index (κ2) is 2.59. The van der Waals surface area contributed by atoms with E-state index in [0.29, 0.717) is 5.69 Å². The van der Waals surface area contributed by atoms with Gasteiger partial charge in [0, 0.05) is 18.1 Å². The van der Waals surface area contributed by atoms with Crippen molar-refractivity contribution in [1.82, 2.24) is 0 Å². The first-order valence-corrected chi connectivity index (χ1v) is 3.90. The molecule has 0 saturated carbocycles. The van der Waals surface area contributed by atoms with Gasteiger partial charge >= 0.3 is 0 Å². The average molecular weight is 165 g/mol. The van der Waals surface area contributed by atoms with E-state index in [1.54, 1.807) is 13.2 Å². The van der Waals surface area contributed by atoms with Crippen molar-refractivity contribution in [3.05, 3.63) is 17.7 Å². The second-order valence-electron chi connectivity index (χ2n) is 2.80. The Labute approximate surface area is 71.1 Å². The van der Waals surface area contributed by atoms with Gasteiger partial charge in [0.1, 0.15) is 11.5 Å². The van der Waals surface area contributed by atoms with E-state index in [-0.39, 0.29) is 0 Å². The van der Waals surface area contributed by atoms with Crippen LogP contribution < -0.4 is 15.2 Å². The minimum absolute atomic E-state index is 0.668. The summed E-state index contributed by atoms with van der Waals surface area (Å²) in [4.78, 5) is 0. The van der Waals surface area contributed by atoms with Crippen LogP contribution in [-0.2, 0) is 6.42 Å². The molecule has 1 aliphatic rings. The van der Waals surface area contributed by atoms with Gasteiger partial charge in [0.05, 0.1) is 19.4 Å². The van der Waals surface area contributed by atoms with Crippen LogP contribution in [0, 0.1) is 0 Å².